The minimum Gasteiger partial charge on any atom is -0.353 e. The van der Waals surface area contributed by atoms with Crippen molar-refractivity contribution >= 4 is 17.5 Å². The second kappa shape index (κ2) is 8.67. The van der Waals surface area contributed by atoms with E-state index in [2.05, 4.69) is 45.1 Å². The molecule has 1 saturated heterocycles. The van der Waals surface area contributed by atoms with Gasteiger partial charge in [-0.3, -0.25) is 9.59 Å². The normalized spacial score (nSPS) is 25.8. The van der Waals surface area contributed by atoms with E-state index in [4.69, 9.17) is 0 Å². The highest BCUT2D eigenvalue weighted by atomic mass is 16.2. The summed E-state index contributed by atoms with van der Waals surface area (Å²) in [5.41, 5.74) is 2.55. The maximum absolute atomic E-state index is 12.8. The largest absolute Gasteiger partial charge is 0.353 e. The number of benzene rings is 1. The highest BCUT2D eigenvalue weighted by Gasteiger charge is 2.37. The maximum atomic E-state index is 12.8. The zero-order chi connectivity index (χ0) is 20.3. The second-order valence-electron chi connectivity index (χ2n) is 9.32. The molecule has 3 rings (SSSR count). The zero-order valence-corrected chi connectivity index (χ0v) is 18.0. The van der Waals surface area contributed by atoms with E-state index in [0.717, 1.165) is 30.9 Å². The lowest BCUT2D eigenvalue weighted by atomic mass is 9.69. The lowest BCUT2D eigenvalue weighted by Gasteiger charge is -2.39. The van der Waals surface area contributed by atoms with E-state index < -0.39 is 0 Å². The first kappa shape index (κ1) is 20.9. The molecule has 1 aliphatic heterocycles. The molecule has 0 aromatic heterocycles. The van der Waals surface area contributed by atoms with Crippen LogP contribution in [0.4, 0.5) is 5.69 Å². The molecule has 4 nitrogen and oxygen atoms in total. The molecular weight excluding hydrogens is 348 g/mol. The first-order valence-corrected chi connectivity index (χ1v) is 11.0. The molecule has 0 radical (unpaired) electrons. The van der Waals surface area contributed by atoms with E-state index in [1.54, 1.807) is 4.90 Å². The Bertz CT molecular complexity index is 687. The van der Waals surface area contributed by atoms with E-state index in [1.807, 2.05) is 12.1 Å². The van der Waals surface area contributed by atoms with Gasteiger partial charge in [-0.15, -0.1) is 0 Å². The summed E-state index contributed by atoms with van der Waals surface area (Å²) < 4.78 is 0. The Hall–Kier alpha value is -1.84. The predicted octanol–water partition coefficient (Wildman–Crippen LogP) is 4.71. The van der Waals surface area contributed by atoms with Crippen LogP contribution in [0.5, 0.6) is 0 Å². The van der Waals surface area contributed by atoms with Crippen molar-refractivity contribution in [1.82, 2.24) is 5.32 Å². The summed E-state index contributed by atoms with van der Waals surface area (Å²) in [6.45, 7) is 9.61. The lowest BCUT2D eigenvalue weighted by Crippen LogP contribution is -2.43. The van der Waals surface area contributed by atoms with Crippen LogP contribution in [-0.4, -0.2) is 24.4 Å². The van der Waals surface area contributed by atoms with Gasteiger partial charge in [0, 0.05) is 24.7 Å². The van der Waals surface area contributed by atoms with Gasteiger partial charge in [0.2, 0.25) is 11.8 Å². The van der Waals surface area contributed by atoms with Crippen LogP contribution in [0.1, 0.15) is 71.8 Å². The highest BCUT2D eigenvalue weighted by molar-refractivity contribution is 6.00. The van der Waals surface area contributed by atoms with Gasteiger partial charge in [-0.2, -0.15) is 0 Å². The first-order chi connectivity index (χ1) is 13.3. The molecule has 0 bridgehead atoms. The average molecular weight is 385 g/mol. The van der Waals surface area contributed by atoms with E-state index in [0.29, 0.717) is 18.4 Å². The summed E-state index contributed by atoms with van der Waals surface area (Å²) in [5, 5.41) is 3.24. The fraction of sp³-hybridized carbons (Fsp3) is 0.667. The number of hydrogen-bond donors (Lipinski definition) is 1. The number of carbonyl (C=O) groups excluding carboxylic acids is 2. The van der Waals surface area contributed by atoms with Gasteiger partial charge in [-0.05, 0) is 61.1 Å². The van der Waals surface area contributed by atoms with Crippen molar-refractivity contribution in [3.05, 3.63) is 29.8 Å². The minimum absolute atomic E-state index is 0.0535. The molecule has 2 fully saturated rings. The molecule has 0 unspecified atom stereocenters. The first-order valence-electron chi connectivity index (χ1n) is 11.0. The minimum atomic E-state index is -0.233. The van der Waals surface area contributed by atoms with E-state index in [-0.39, 0.29) is 23.8 Å². The van der Waals surface area contributed by atoms with Crippen molar-refractivity contribution in [3.63, 3.8) is 0 Å². The smallest absolute Gasteiger partial charge is 0.227 e. The molecular formula is C24H36N2O2. The van der Waals surface area contributed by atoms with Crippen LogP contribution in [0, 0.1) is 17.3 Å². The predicted molar refractivity (Wildman–Crippen MR) is 114 cm³/mol. The molecule has 4 heteroatoms. The number of aryl methyl sites for hydroxylation is 1. The average Bonchev–Trinajstić information content (AvgIpc) is 3.10. The van der Waals surface area contributed by atoms with Gasteiger partial charge in [-0.1, -0.05) is 46.2 Å². The fourth-order valence-corrected chi connectivity index (χ4v) is 4.67. The standard InChI is InChI=1S/C24H36N2O2/c1-5-17-7-13-21(14-8-17)26-16-18(15-22(26)27)23(28)25-20-11-9-19(10-12-20)24(3,4)6-2/h7-8,13-14,18-20H,5-6,9-12,15-16H2,1-4H3,(H,25,28)/t18-,19?,20?/m1/s1. The molecule has 2 aliphatic rings. The van der Waals surface area contributed by atoms with Crippen LogP contribution in [0.25, 0.3) is 0 Å². The number of anilines is 1. The molecule has 154 valence electrons. The molecule has 0 spiro atoms. The number of hydrogen-bond acceptors (Lipinski definition) is 2. The van der Waals surface area contributed by atoms with Crippen LogP contribution >= 0.6 is 0 Å². The van der Waals surface area contributed by atoms with E-state index in [9.17, 15) is 9.59 Å². The SMILES string of the molecule is CCc1ccc(N2C[C@H](C(=O)NC3CCC(C(C)(C)CC)CC3)CC2=O)cc1. The molecule has 1 saturated carbocycles. The van der Waals surface area contributed by atoms with Crippen LogP contribution in [0.3, 0.4) is 0 Å². The van der Waals surface area contributed by atoms with Gasteiger partial charge in [0.05, 0.1) is 5.92 Å². The third kappa shape index (κ3) is 4.59. The third-order valence-corrected chi connectivity index (χ3v) is 7.24. The van der Waals surface area contributed by atoms with Crippen molar-refractivity contribution in [2.75, 3.05) is 11.4 Å². The highest BCUT2D eigenvalue weighted by Crippen LogP contribution is 2.40. The molecule has 1 N–H and O–H groups in total. The summed E-state index contributed by atoms with van der Waals surface area (Å²) in [6.07, 6.45) is 6.99. The Morgan fingerprint density at radius 3 is 2.32 bits per heavy atom. The van der Waals surface area contributed by atoms with Crippen LogP contribution < -0.4 is 10.2 Å². The van der Waals surface area contributed by atoms with Crippen molar-refractivity contribution in [2.24, 2.45) is 17.3 Å². The monoisotopic (exact) mass is 384 g/mol. The Kier molecular flexibility index (Phi) is 6.47. The van der Waals surface area contributed by atoms with Gasteiger partial charge < -0.3 is 10.2 Å². The summed E-state index contributed by atoms with van der Waals surface area (Å²) in [7, 11) is 0. The third-order valence-electron chi connectivity index (χ3n) is 7.24. The zero-order valence-electron chi connectivity index (χ0n) is 18.0. The molecule has 1 atom stereocenters. The number of nitrogens with zero attached hydrogens (tertiary/aromatic N) is 1. The maximum Gasteiger partial charge on any atom is 0.227 e. The van der Waals surface area contributed by atoms with Crippen LogP contribution in [0.2, 0.25) is 0 Å². The quantitative estimate of drug-likeness (QED) is 0.772. The summed E-state index contributed by atoms with van der Waals surface area (Å²) in [5.74, 6) is 0.625. The molecule has 1 aromatic carbocycles. The van der Waals surface area contributed by atoms with Gasteiger partial charge in [0.25, 0.3) is 0 Å². The summed E-state index contributed by atoms with van der Waals surface area (Å²) in [6, 6.07) is 8.38. The second-order valence-corrected chi connectivity index (χ2v) is 9.32. The van der Waals surface area contributed by atoms with Gasteiger partial charge in [-0.25, -0.2) is 0 Å². The van der Waals surface area contributed by atoms with Crippen molar-refractivity contribution in [3.8, 4) is 0 Å². The Labute approximate surface area is 170 Å². The molecule has 2 amide bonds. The van der Waals surface area contributed by atoms with Crippen LogP contribution in [-0.2, 0) is 16.0 Å². The van der Waals surface area contributed by atoms with E-state index >= 15 is 0 Å². The summed E-state index contributed by atoms with van der Waals surface area (Å²) >= 11 is 0. The van der Waals surface area contributed by atoms with Gasteiger partial charge in [0.15, 0.2) is 0 Å². The number of rotatable bonds is 6. The lowest BCUT2D eigenvalue weighted by molar-refractivity contribution is -0.127. The Morgan fingerprint density at radius 1 is 1.11 bits per heavy atom. The van der Waals surface area contributed by atoms with E-state index in [1.165, 1.54) is 24.8 Å². The van der Waals surface area contributed by atoms with Crippen molar-refractivity contribution < 1.29 is 9.59 Å². The molecule has 1 aliphatic carbocycles. The fourth-order valence-electron chi connectivity index (χ4n) is 4.67. The number of nitrogens with one attached hydrogen (secondary N) is 1. The Balaban J connectivity index is 1.52. The Morgan fingerprint density at radius 2 is 1.75 bits per heavy atom. The molecule has 28 heavy (non-hydrogen) atoms. The van der Waals surface area contributed by atoms with Gasteiger partial charge in [0.1, 0.15) is 0 Å². The van der Waals surface area contributed by atoms with Gasteiger partial charge >= 0.3 is 0 Å². The van der Waals surface area contributed by atoms with Crippen molar-refractivity contribution in [1.29, 1.82) is 0 Å². The molecule has 1 heterocycles. The van der Waals surface area contributed by atoms with Crippen molar-refractivity contribution in [2.45, 2.75) is 78.7 Å². The number of carbonyl (C=O) groups is 2. The summed E-state index contributed by atoms with van der Waals surface area (Å²) in [4.78, 5) is 27.0. The molecule has 1 aromatic rings. The van der Waals surface area contributed by atoms with Crippen LogP contribution in [0.15, 0.2) is 24.3 Å². The number of amides is 2. The topological polar surface area (TPSA) is 49.4 Å².